The lowest BCUT2D eigenvalue weighted by Gasteiger charge is -2.34. The summed E-state index contributed by atoms with van der Waals surface area (Å²) in [5, 5.41) is 13.2. The molecule has 15 heavy (non-hydrogen) atoms. The largest absolute Gasteiger partial charge is 0.331 e. The third-order valence-electron chi connectivity index (χ3n) is 2.78. The minimum absolute atomic E-state index is 0.00708. The Kier molecular flexibility index (Phi) is 2.58. The molecule has 2 unspecified atom stereocenters. The molecule has 1 saturated heterocycles. The van der Waals surface area contributed by atoms with Crippen molar-refractivity contribution in [2.75, 3.05) is 0 Å². The number of fused-ring (bicyclic) bond motifs is 1. The second-order valence-electron chi connectivity index (χ2n) is 3.89. The van der Waals surface area contributed by atoms with Crippen LogP contribution in [-0.4, -0.2) is 17.9 Å². The Balaban J connectivity index is 2.23. The van der Waals surface area contributed by atoms with Crippen LogP contribution in [0.5, 0.6) is 0 Å². The Morgan fingerprint density at radius 2 is 2.33 bits per heavy atom. The molecule has 80 valence electrons. The van der Waals surface area contributed by atoms with Crippen LogP contribution in [0.1, 0.15) is 19.8 Å². The molecule has 0 bridgehead atoms. The minimum Gasteiger partial charge on any atom is -0.331 e. The smallest absolute Gasteiger partial charge is 0.320 e. The highest BCUT2D eigenvalue weighted by atomic mass is 16.2. The lowest BCUT2D eigenvalue weighted by atomic mass is 9.83. The minimum atomic E-state index is -0.274. The zero-order valence-electron chi connectivity index (χ0n) is 8.71. The molecule has 3 N–H and O–H groups in total. The van der Waals surface area contributed by atoms with Crippen LogP contribution in [0.3, 0.4) is 0 Å². The second kappa shape index (κ2) is 3.88. The van der Waals surface area contributed by atoms with Gasteiger partial charge >= 0.3 is 6.03 Å². The van der Waals surface area contributed by atoms with Crippen molar-refractivity contribution in [2.45, 2.75) is 25.8 Å². The van der Waals surface area contributed by atoms with Gasteiger partial charge in [-0.2, -0.15) is 0 Å². The molecule has 0 spiro atoms. The van der Waals surface area contributed by atoms with E-state index in [9.17, 15) is 4.79 Å². The maximum absolute atomic E-state index is 11.2. The molecule has 0 aromatic heterocycles. The first-order valence-electron chi connectivity index (χ1n) is 5.25. The molecular formula is C11H15N3O. The molecule has 2 atom stereocenters. The number of nitrogens with one attached hydrogen (secondary N) is 3. The third kappa shape index (κ3) is 1.79. The Labute approximate surface area is 88.9 Å². The van der Waals surface area contributed by atoms with Crippen molar-refractivity contribution in [3.63, 3.8) is 0 Å². The number of carbonyl (C=O) groups is 1. The molecule has 0 aromatic carbocycles. The highest BCUT2D eigenvalue weighted by Gasteiger charge is 2.34. The summed E-state index contributed by atoms with van der Waals surface area (Å²) < 4.78 is 0. The molecule has 1 aliphatic heterocycles. The van der Waals surface area contributed by atoms with E-state index < -0.39 is 0 Å². The predicted molar refractivity (Wildman–Crippen MR) is 58.8 cm³/mol. The van der Waals surface area contributed by atoms with Crippen molar-refractivity contribution in [1.82, 2.24) is 10.6 Å². The van der Waals surface area contributed by atoms with Crippen LogP contribution < -0.4 is 10.6 Å². The summed E-state index contributed by atoms with van der Waals surface area (Å²) in [5.41, 5.74) is 1.22. The summed E-state index contributed by atoms with van der Waals surface area (Å²) in [6.07, 6.45) is 8.00. The van der Waals surface area contributed by atoms with E-state index in [1.807, 2.05) is 12.2 Å². The molecule has 1 heterocycles. The standard InChI is InChI=1S/C11H15N3O/c1-2-4-7-5-3-6-8-9(7)10(12)14-11(15)13-8/h3,5-6,8-9H,2,4H2,1H3,(H3,12,13,14,15). The van der Waals surface area contributed by atoms with Gasteiger partial charge in [-0.1, -0.05) is 37.1 Å². The number of urea groups is 1. The number of amidine groups is 1. The van der Waals surface area contributed by atoms with E-state index in [1.54, 1.807) is 0 Å². The van der Waals surface area contributed by atoms with Crippen LogP contribution in [0.2, 0.25) is 0 Å². The first kappa shape index (κ1) is 9.96. The maximum atomic E-state index is 11.2. The van der Waals surface area contributed by atoms with E-state index in [1.165, 1.54) is 5.57 Å². The topological polar surface area (TPSA) is 65.0 Å². The molecular weight excluding hydrogens is 190 g/mol. The summed E-state index contributed by atoms with van der Waals surface area (Å²) in [7, 11) is 0. The lowest BCUT2D eigenvalue weighted by Crippen LogP contribution is -2.58. The van der Waals surface area contributed by atoms with Crippen LogP contribution in [0.25, 0.3) is 0 Å². The number of carbonyl (C=O) groups excluding carboxylic acids is 1. The van der Waals surface area contributed by atoms with Crippen LogP contribution in [-0.2, 0) is 0 Å². The van der Waals surface area contributed by atoms with Crippen molar-refractivity contribution in [2.24, 2.45) is 5.92 Å². The average molecular weight is 205 g/mol. The van der Waals surface area contributed by atoms with Crippen molar-refractivity contribution >= 4 is 11.9 Å². The monoisotopic (exact) mass is 205 g/mol. The fraction of sp³-hybridized carbons (Fsp3) is 0.455. The molecule has 4 nitrogen and oxygen atoms in total. The van der Waals surface area contributed by atoms with Gasteiger partial charge in [0.25, 0.3) is 0 Å². The van der Waals surface area contributed by atoms with E-state index in [0.717, 1.165) is 12.8 Å². The Morgan fingerprint density at radius 1 is 1.53 bits per heavy atom. The number of amides is 2. The Morgan fingerprint density at radius 3 is 3.07 bits per heavy atom. The summed E-state index contributed by atoms with van der Waals surface area (Å²) in [6, 6.07) is -0.318. The lowest BCUT2D eigenvalue weighted by molar-refractivity contribution is 0.238. The second-order valence-corrected chi connectivity index (χ2v) is 3.89. The molecule has 1 aliphatic carbocycles. The summed E-state index contributed by atoms with van der Waals surface area (Å²) in [6.45, 7) is 2.12. The van der Waals surface area contributed by atoms with Gasteiger partial charge in [0, 0.05) is 0 Å². The first-order valence-corrected chi connectivity index (χ1v) is 5.25. The van der Waals surface area contributed by atoms with Gasteiger partial charge in [0.15, 0.2) is 0 Å². The molecule has 2 aliphatic rings. The summed E-state index contributed by atoms with van der Waals surface area (Å²) in [4.78, 5) is 11.2. The third-order valence-corrected chi connectivity index (χ3v) is 2.78. The number of hydrogen-bond donors (Lipinski definition) is 3. The van der Waals surface area contributed by atoms with E-state index in [4.69, 9.17) is 5.41 Å². The molecule has 0 radical (unpaired) electrons. The maximum Gasteiger partial charge on any atom is 0.320 e. The summed E-state index contributed by atoms with van der Waals surface area (Å²) in [5.74, 6) is 0.320. The SMILES string of the molecule is CCCC1=CC=CC2NC(=O)NC(=N)C12. The van der Waals surface area contributed by atoms with Gasteiger partial charge in [0.05, 0.1) is 12.0 Å². The van der Waals surface area contributed by atoms with Crippen molar-refractivity contribution in [1.29, 1.82) is 5.41 Å². The van der Waals surface area contributed by atoms with Gasteiger partial charge in [-0.05, 0) is 6.42 Å². The van der Waals surface area contributed by atoms with Gasteiger partial charge in [-0.15, -0.1) is 0 Å². The van der Waals surface area contributed by atoms with Crippen molar-refractivity contribution in [3.05, 3.63) is 23.8 Å². The molecule has 1 fully saturated rings. The fourth-order valence-electron chi connectivity index (χ4n) is 2.16. The van der Waals surface area contributed by atoms with Crippen molar-refractivity contribution in [3.8, 4) is 0 Å². The van der Waals surface area contributed by atoms with Gasteiger partial charge in [0.2, 0.25) is 0 Å². The van der Waals surface area contributed by atoms with Gasteiger partial charge < -0.3 is 5.32 Å². The van der Waals surface area contributed by atoms with E-state index in [0.29, 0.717) is 5.84 Å². The fourth-order valence-corrected chi connectivity index (χ4v) is 2.16. The molecule has 4 heteroatoms. The van der Waals surface area contributed by atoms with Gasteiger partial charge in [-0.25, -0.2) is 4.79 Å². The van der Waals surface area contributed by atoms with Crippen LogP contribution in [0.15, 0.2) is 23.8 Å². The van der Waals surface area contributed by atoms with Crippen LogP contribution in [0.4, 0.5) is 4.79 Å². The summed E-state index contributed by atoms with van der Waals surface area (Å²) >= 11 is 0. The van der Waals surface area contributed by atoms with Gasteiger partial charge in [0.1, 0.15) is 5.84 Å². The molecule has 2 amide bonds. The van der Waals surface area contributed by atoms with E-state index in [2.05, 4.69) is 23.6 Å². The van der Waals surface area contributed by atoms with Crippen molar-refractivity contribution < 1.29 is 4.79 Å². The first-order chi connectivity index (χ1) is 7.22. The van der Waals surface area contributed by atoms with E-state index in [-0.39, 0.29) is 18.0 Å². The Bertz CT molecular complexity index is 357. The van der Waals surface area contributed by atoms with E-state index >= 15 is 0 Å². The highest BCUT2D eigenvalue weighted by Crippen LogP contribution is 2.26. The Hall–Kier alpha value is -1.58. The van der Waals surface area contributed by atoms with Crippen LogP contribution >= 0.6 is 0 Å². The molecule has 2 rings (SSSR count). The van der Waals surface area contributed by atoms with Crippen LogP contribution in [0, 0.1) is 11.3 Å². The number of hydrogen-bond acceptors (Lipinski definition) is 2. The molecule has 0 saturated carbocycles. The zero-order valence-corrected chi connectivity index (χ0v) is 8.71. The number of allylic oxidation sites excluding steroid dienone is 2. The zero-order chi connectivity index (χ0) is 10.8. The van der Waals surface area contributed by atoms with Gasteiger partial charge in [-0.3, -0.25) is 10.7 Å². The average Bonchev–Trinajstić information content (AvgIpc) is 2.17. The predicted octanol–water partition coefficient (Wildman–Crippen LogP) is 1.56. The number of rotatable bonds is 2. The normalized spacial score (nSPS) is 29.0. The quantitative estimate of drug-likeness (QED) is 0.629. The molecule has 0 aromatic rings. The highest BCUT2D eigenvalue weighted by molar-refractivity contribution is 6.01.